The fraction of sp³-hybridized carbons (Fsp3) is 0.609. The van der Waals surface area contributed by atoms with Crippen LogP contribution >= 0.6 is 0 Å². The Kier molecular flexibility index (Phi) is 5.95. The van der Waals surface area contributed by atoms with Crippen molar-refractivity contribution in [2.75, 3.05) is 13.1 Å². The van der Waals surface area contributed by atoms with Crippen molar-refractivity contribution in [2.45, 2.75) is 69.7 Å². The molecule has 186 valence electrons. The molecule has 0 bridgehead atoms. The van der Waals surface area contributed by atoms with Crippen LogP contribution < -0.4 is 11.0 Å². The van der Waals surface area contributed by atoms with E-state index in [9.17, 15) is 19.5 Å². The van der Waals surface area contributed by atoms with Gasteiger partial charge in [-0.05, 0) is 51.3 Å². The molecule has 2 amide bonds. The van der Waals surface area contributed by atoms with E-state index in [1.807, 2.05) is 0 Å². The van der Waals surface area contributed by atoms with E-state index < -0.39 is 48.0 Å². The Morgan fingerprint density at radius 3 is 2.53 bits per heavy atom. The summed E-state index contributed by atoms with van der Waals surface area (Å²) >= 11 is 0. The number of aromatic nitrogens is 2. The summed E-state index contributed by atoms with van der Waals surface area (Å²) in [6.45, 7) is 4.42. The molecule has 0 radical (unpaired) electrons. The average molecular weight is 481 g/mol. The smallest absolute Gasteiger partial charge is 0.410 e. The minimum absolute atomic E-state index is 0.0414. The lowest BCUT2D eigenvalue weighted by Gasteiger charge is -2.39. The number of hydrogen-bond acceptors (Lipinski definition) is 5. The highest BCUT2D eigenvalue weighted by molar-refractivity contribution is 5.79. The first-order chi connectivity index (χ1) is 15.8. The number of fused-ring (bicyclic) bond motifs is 1. The number of amides is 2. The molecule has 1 aromatic carbocycles. The molecular weight excluding hydrogens is 450 g/mol. The van der Waals surface area contributed by atoms with Crippen LogP contribution in [0.1, 0.15) is 57.6 Å². The molecular formula is C23H30F2N4O5. The first-order valence-electron chi connectivity index (χ1n) is 11.3. The minimum Gasteiger partial charge on any atom is -0.444 e. The lowest BCUT2D eigenvalue weighted by molar-refractivity contribution is -0.128. The number of benzene rings is 1. The third-order valence-electron chi connectivity index (χ3n) is 6.44. The van der Waals surface area contributed by atoms with Crippen molar-refractivity contribution in [1.29, 1.82) is 0 Å². The monoisotopic (exact) mass is 480 g/mol. The van der Waals surface area contributed by atoms with Crippen molar-refractivity contribution in [3.8, 4) is 0 Å². The predicted octanol–water partition coefficient (Wildman–Crippen LogP) is 2.47. The highest BCUT2D eigenvalue weighted by atomic mass is 19.3. The van der Waals surface area contributed by atoms with E-state index in [2.05, 4.69) is 5.32 Å². The Labute approximate surface area is 195 Å². The van der Waals surface area contributed by atoms with Crippen LogP contribution in [-0.2, 0) is 16.6 Å². The Morgan fingerprint density at radius 2 is 1.91 bits per heavy atom. The van der Waals surface area contributed by atoms with Crippen LogP contribution in [0.2, 0.25) is 0 Å². The number of carbonyl (C=O) groups is 2. The molecule has 0 aliphatic carbocycles. The molecule has 11 heteroatoms. The Morgan fingerprint density at radius 1 is 1.21 bits per heavy atom. The van der Waals surface area contributed by atoms with Gasteiger partial charge in [-0.3, -0.25) is 13.9 Å². The van der Waals surface area contributed by atoms with Crippen molar-refractivity contribution in [3.05, 3.63) is 34.2 Å². The fourth-order valence-corrected chi connectivity index (χ4v) is 4.79. The molecule has 3 heterocycles. The number of piperidine rings is 2. The van der Waals surface area contributed by atoms with Gasteiger partial charge in [-0.15, -0.1) is 0 Å². The van der Waals surface area contributed by atoms with Gasteiger partial charge in [-0.1, -0.05) is 6.07 Å². The van der Waals surface area contributed by atoms with Gasteiger partial charge in [-0.2, -0.15) is 0 Å². The minimum atomic E-state index is -3.19. The van der Waals surface area contributed by atoms with Gasteiger partial charge in [0.2, 0.25) is 5.91 Å². The number of halogens is 2. The van der Waals surface area contributed by atoms with E-state index in [-0.39, 0.29) is 31.7 Å². The number of aryl methyl sites for hydroxylation is 1. The number of carbonyl (C=O) groups excluding carboxylic acids is 2. The highest BCUT2D eigenvalue weighted by Crippen LogP contribution is 2.41. The maximum atomic E-state index is 15.2. The van der Waals surface area contributed by atoms with Crippen molar-refractivity contribution in [1.82, 2.24) is 19.4 Å². The molecule has 34 heavy (non-hydrogen) atoms. The summed E-state index contributed by atoms with van der Waals surface area (Å²) in [5.74, 6) is -4.61. The quantitative estimate of drug-likeness (QED) is 0.687. The Hall–Kier alpha value is -2.95. The third kappa shape index (κ3) is 4.40. The molecule has 2 aliphatic heterocycles. The third-order valence-corrected chi connectivity index (χ3v) is 6.44. The molecule has 2 fully saturated rings. The lowest BCUT2D eigenvalue weighted by Crippen LogP contribution is -2.50. The second kappa shape index (κ2) is 8.37. The molecule has 3 atom stereocenters. The SMILES string of the molecule is Cn1c(=O)n(C2CCC(=O)NC2O)c2ccc([C@@H]3CCN(C(=O)OC(C)(C)C)CC3(F)F)cc21. The second-order valence-corrected chi connectivity index (χ2v) is 10.1. The summed E-state index contributed by atoms with van der Waals surface area (Å²) in [6, 6.07) is 4.08. The van der Waals surface area contributed by atoms with Crippen LogP contribution in [0.4, 0.5) is 13.6 Å². The summed E-state index contributed by atoms with van der Waals surface area (Å²) in [6.07, 6.45) is -1.48. The van der Waals surface area contributed by atoms with E-state index in [1.54, 1.807) is 46.0 Å². The average Bonchev–Trinajstić information content (AvgIpc) is 2.96. The van der Waals surface area contributed by atoms with Crippen molar-refractivity contribution in [3.63, 3.8) is 0 Å². The number of rotatable bonds is 2. The number of hydrogen-bond donors (Lipinski definition) is 2. The first kappa shape index (κ1) is 24.2. The van der Waals surface area contributed by atoms with Gasteiger partial charge in [0, 0.05) is 20.0 Å². The van der Waals surface area contributed by atoms with Crippen LogP contribution in [0.15, 0.2) is 23.0 Å². The molecule has 0 spiro atoms. The van der Waals surface area contributed by atoms with Gasteiger partial charge < -0.3 is 20.1 Å². The van der Waals surface area contributed by atoms with Gasteiger partial charge in [0.05, 0.1) is 29.5 Å². The van der Waals surface area contributed by atoms with E-state index in [1.165, 1.54) is 9.13 Å². The van der Waals surface area contributed by atoms with Gasteiger partial charge in [0.15, 0.2) is 0 Å². The van der Waals surface area contributed by atoms with Crippen molar-refractivity contribution in [2.24, 2.45) is 7.05 Å². The molecule has 1 aromatic heterocycles. The number of aliphatic hydroxyl groups excluding tert-OH is 1. The normalized spacial score (nSPS) is 25.3. The fourth-order valence-electron chi connectivity index (χ4n) is 4.79. The number of nitrogens with zero attached hydrogens (tertiary/aromatic N) is 3. The van der Waals surface area contributed by atoms with Gasteiger partial charge in [-0.25, -0.2) is 18.4 Å². The van der Waals surface area contributed by atoms with E-state index >= 15 is 8.78 Å². The number of likely N-dealkylation sites (tertiary alicyclic amines) is 1. The lowest BCUT2D eigenvalue weighted by atomic mass is 9.86. The summed E-state index contributed by atoms with van der Waals surface area (Å²) < 4.78 is 38.3. The van der Waals surface area contributed by atoms with Crippen LogP contribution in [0.25, 0.3) is 11.0 Å². The Balaban J connectivity index is 1.63. The molecule has 2 saturated heterocycles. The van der Waals surface area contributed by atoms with Crippen molar-refractivity contribution >= 4 is 23.0 Å². The van der Waals surface area contributed by atoms with E-state index in [0.717, 1.165) is 4.90 Å². The standard InChI is InChI=1S/C23H30F2N4O5/c1-22(2,3)34-21(33)28-10-9-14(23(24,25)12-28)13-5-6-15-17(11-13)27(4)20(32)29(15)16-7-8-18(30)26-19(16)31/h5-6,11,14,16,19,31H,7-10,12H2,1-4H3,(H,26,30)/t14-,16?,19?/m0/s1. The number of alkyl halides is 2. The molecule has 2 aliphatic rings. The first-order valence-corrected chi connectivity index (χ1v) is 11.3. The molecule has 4 rings (SSSR count). The molecule has 2 N–H and O–H groups in total. The zero-order valence-electron chi connectivity index (χ0n) is 19.7. The van der Waals surface area contributed by atoms with Crippen LogP contribution in [0.5, 0.6) is 0 Å². The summed E-state index contributed by atoms with van der Waals surface area (Å²) in [7, 11) is 1.54. The molecule has 2 unspecified atom stereocenters. The molecule has 2 aromatic rings. The second-order valence-electron chi connectivity index (χ2n) is 10.1. The zero-order valence-corrected chi connectivity index (χ0v) is 19.7. The van der Waals surface area contributed by atoms with Crippen LogP contribution in [0, 0.1) is 0 Å². The molecule has 9 nitrogen and oxygen atoms in total. The number of ether oxygens (including phenoxy) is 1. The van der Waals surface area contributed by atoms with Crippen LogP contribution in [0.3, 0.4) is 0 Å². The number of nitrogens with one attached hydrogen (secondary N) is 1. The van der Waals surface area contributed by atoms with Gasteiger partial charge in [0.1, 0.15) is 11.8 Å². The van der Waals surface area contributed by atoms with E-state index in [4.69, 9.17) is 4.74 Å². The molecule has 0 saturated carbocycles. The van der Waals surface area contributed by atoms with Gasteiger partial charge >= 0.3 is 11.8 Å². The van der Waals surface area contributed by atoms with Crippen LogP contribution in [-0.4, -0.2) is 62.0 Å². The highest BCUT2D eigenvalue weighted by Gasteiger charge is 2.47. The van der Waals surface area contributed by atoms with E-state index in [0.29, 0.717) is 16.6 Å². The number of aliphatic hydroxyl groups is 1. The van der Waals surface area contributed by atoms with Crippen molar-refractivity contribution < 1.29 is 28.2 Å². The summed E-state index contributed by atoms with van der Waals surface area (Å²) in [5, 5.41) is 12.7. The largest absolute Gasteiger partial charge is 0.444 e. The summed E-state index contributed by atoms with van der Waals surface area (Å²) in [4.78, 5) is 37.8. The number of imidazole rings is 1. The summed E-state index contributed by atoms with van der Waals surface area (Å²) in [5.41, 5.74) is 0.134. The topological polar surface area (TPSA) is 106 Å². The maximum Gasteiger partial charge on any atom is 0.410 e. The maximum absolute atomic E-state index is 15.2. The zero-order chi connectivity index (χ0) is 25.0. The predicted molar refractivity (Wildman–Crippen MR) is 120 cm³/mol. The van der Waals surface area contributed by atoms with Gasteiger partial charge in [0.25, 0.3) is 5.92 Å². The Bertz CT molecular complexity index is 1180.